The molecule has 1 fully saturated rings. The standard InChI is InChI=1S/C13H9F3N2O2.C4H9N/c14-13(15,16)8-3-1-4-9(7-8)18-11-10(12(19)20)5-2-6-17-11;1-5-4-2-3-4/h1-7H,(H,17,18)(H,19,20);4-5H,2-3H2,1H3. The third-order valence-corrected chi connectivity index (χ3v) is 3.48. The highest BCUT2D eigenvalue weighted by Gasteiger charge is 2.30. The number of hydrogen-bond acceptors (Lipinski definition) is 4. The van der Waals surface area contributed by atoms with E-state index in [2.05, 4.69) is 15.6 Å². The zero-order chi connectivity index (χ0) is 18.4. The Hall–Kier alpha value is -2.61. The molecule has 0 saturated heterocycles. The van der Waals surface area contributed by atoms with Crippen molar-refractivity contribution < 1.29 is 23.1 Å². The lowest BCUT2D eigenvalue weighted by atomic mass is 10.2. The fraction of sp³-hybridized carbons (Fsp3) is 0.294. The highest BCUT2D eigenvalue weighted by Crippen LogP contribution is 2.31. The van der Waals surface area contributed by atoms with Crippen LogP contribution in [0, 0.1) is 0 Å². The molecular weight excluding hydrogens is 335 g/mol. The Balaban J connectivity index is 0.000000386. The zero-order valence-corrected chi connectivity index (χ0v) is 13.5. The van der Waals surface area contributed by atoms with Gasteiger partial charge in [-0.05, 0) is 50.2 Å². The number of carboxylic acids is 1. The lowest BCUT2D eigenvalue weighted by molar-refractivity contribution is -0.137. The number of pyridine rings is 1. The summed E-state index contributed by atoms with van der Waals surface area (Å²) in [6, 6.07) is 8.08. The number of aromatic nitrogens is 1. The summed E-state index contributed by atoms with van der Waals surface area (Å²) in [6.45, 7) is 0. The van der Waals surface area contributed by atoms with Gasteiger partial charge in [0.05, 0.1) is 5.56 Å². The van der Waals surface area contributed by atoms with Gasteiger partial charge in [0, 0.05) is 17.9 Å². The molecule has 1 heterocycles. The Morgan fingerprint density at radius 1 is 1.24 bits per heavy atom. The molecule has 0 bridgehead atoms. The molecule has 1 aromatic heterocycles. The summed E-state index contributed by atoms with van der Waals surface area (Å²) in [5.74, 6) is -1.23. The molecule has 1 aliphatic carbocycles. The van der Waals surface area contributed by atoms with Crippen LogP contribution < -0.4 is 10.6 Å². The minimum Gasteiger partial charge on any atom is -0.478 e. The van der Waals surface area contributed by atoms with E-state index in [9.17, 15) is 18.0 Å². The number of anilines is 2. The highest BCUT2D eigenvalue weighted by atomic mass is 19.4. The van der Waals surface area contributed by atoms with Crippen LogP contribution in [-0.4, -0.2) is 29.1 Å². The number of carboxylic acid groups (broad SMARTS) is 1. The number of aromatic carboxylic acids is 1. The van der Waals surface area contributed by atoms with Crippen molar-refractivity contribution in [3.63, 3.8) is 0 Å². The van der Waals surface area contributed by atoms with E-state index in [1.165, 1.54) is 43.3 Å². The molecule has 0 radical (unpaired) electrons. The molecule has 1 aromatic carbocycles. The molecule has 3 rings (SSSR count). The maximum atomic E-state index is 12.6. The number of nitrogens with one attached hydrogen (secondary N) is 2. The monoisotopic (exact) mass is 353 g/mol. The topological polar surface area (TPSA) is 74.2 Å². The van der Waals surface area contributed by atoms with Gasteiger partial charge in [-0.2, -0.15) is 13.2 Å². The molecule has 8 heteroatoms. The van der Waals surface area contributed by atoms with Crippen LogP contribution in [0.15, 0.2) is 42.6 Å². The highest BCUT2D eigenvalue weighted by molar-refractivity contribution is 5.93. The normalized spacial score (nSPS) is 13.6. The summed E-state index contributed by atoms with van der Waals surface area (Å²) in [7, 11) is 2.01. The molecule has 25 heavy (non-hydrogen) atoms. The molecule has 0 spiro atoms. The van der Waals surface area contributed by atoms with Crippen molar-refractivity contribution in [1.29, 1.82) is 0 Å². The van der Waals surface area contributed by atoms with Gasteiger partial charge < -0.3 is 15.7 Å². The fourth-order valence-electron chi connectivity index (χ4n) is 1.96. The number of carbonyl (C=O) groups is 1. The second-order valence-electron chi connectivity index (χ2n) is 5.47. The molecule has 3 N–H and O–H groups in total. The van der Waals surface area contributed by atoms with E-state index < -0.39 is 17.7 Å². The van der Waals surface area contributed by atoms with Gasteiger partial charge in [-0.3, -0.25) is 0 Å². The lowest BCUT2D eigenvalue weighted by Crippen LogP contribution is -2.07. The van der Waals surface area contributed by atoms with Gasteiger partial charge in [0.1, 0.15) is 11.4 Å². The summed E-state index contributed by atoms with van der Waals surface area (Å²) in [4.78, 5) is 14.8. The summed E-state index contributed by atoms with van der Waals surface area (Å²) >= 11 is 0. The van der Waals surface area contributed by atoms with Gasteiger partial charge >= 0.3 is 12.1 Å². The second kappa shape index (κ2) is 7.98. The van der Waals surface area contributed by atoms with Crippen LogP contribution in [0.25, 0.3) is 0 Å². The molecule has 1 saturated carbocycles. The molecule has 2 aromatic rings. The Kier molecular flexibility index (Phi) is 5.97. The minimum atomic E-state index is -4.46. The largest absolute Gasteiger partial charge is 0.478 e. The molecular formula is C17H18F3N3O2. The predicted molar refractivity (Wildman–Crippen MR) is 88.0 cm³/mol. The van der Waals surface area contributed by atoms with E-state index in [-0.39, 0.29) is 17.1 Å². The van der Waals surface area contributed by atoms with Gasteiger partial charge in [0.25, 0.3) is 0 Å². The Bertz CT molecular complexity index is 731. The Labute approximate surface area is 142 Å². The average molecular weight is 353 g/mol. The number of nitrogens with zero attached hydrogens (tertiary/aromatic N) is 1. The van der Waals surface area contributed by atoms with Gasteiger partial charge in [-0.1, -0.05) is 6.07 Å². The van der Waals surface area contributed by atoms with Crippen LogP contribution >= 0.6 is 0 Å². The minimum absolute atomic E-state index is 0.0145. The lowest BCUT2D eigenvalue weighted by Gasteiger charge is -2.11. The third-order valence-electron chi connectivity index (χ3n) is 3.48. The maximum Gasteiger partial charge on any atom is 0.416 e. The van der Waals surface area contributed by atoms with Crippen LogP contribution in [0.4, 0.5) is 24.7 Å². The first-order valence-electron chi connectivity index (χ1n) is 7.61. The molecule has 134 valence electrons. The fourth-order valence-corrected chi connectivity index (χ4v) is 1.96. The number of alkyl halides is 3. The maximum absolute atomic E-state index is 12.6. The van der Waals surface area contributed by atoms with Crippen molar-refractivity contribution in [1.82, 2.24) is 10.3 Å². The predicted octanol–water partition coefficient (Wildman–Crippen LogP) is 3.91. The van der Waals surface area contributed by atoms with Crippen LogP contribution in [0.2, 0.25) is 0 Å². The van der Waals surface area contributed by atoms with E-state index >= 15 is 0 Å². The summed E-state index contributed by atoms with van der Waals surface area (Å²) in [6.07, 6.45) is -0.313. The van der Waals surface area contributed by atoms with Crippen molar-refractivity contribution >= 4 is 17.5 Å². The first-order valence-corrected chi connectivity index (χ1v) is 7.61. The van der Waals surface area contributed by atoms with Crippen LogP contribution in [0.3, 0.4) is 0 Å². The molecule has 0 amide bonds. The van der Waals surface area contributed by atoms with E-state index in [0.717, 1.165) is 18.2 Å². The van der Waals surface area contributed by atoms with Crippen LogP contribution in [0.1, 0.15) is 28.8 Å². The van der Waals surface area contributed by atoms with Crippen molar-refractivity contribution in [2.45, 2.75) is 25.1 Å². The quantitative estimate of drug-likeness (QED) is 0.777. The number of hydrogen-bond donors (Lipinski definition) is 3. The Morgan fingerprint density at radius 3 is 2.48 bits per heavy atom. The third kappa shape index (κ3) is 5.75. The Morgan fingerprint density at radius 2 is 1.96 bits per heavy atom. The number of halogens is 3. The molecule has 1 aliphatic rings. The van der Waals surface area contributed by atoms with Crippen molar-refractivity contribution in [3.05, 3.63) is 53.7 Å². The van der Waals surface area contributed by atoms with E-state index in [1.807, 2.05) is 7.05 Å². The van der Waals surface area contributed by atoms with E-state index in [1.54, 1.807) is 0 Å². The van der Waals surface area contributed by atoms with Gasteiger partial charge in [0.2, 0.25) is 0 Å². The van der Waals surface area contributed by atoms with Gasteiger partial charge in [0.15, 0.2) is 0 Å². The van der Waals surface area contributed by atoms with E-state index in [0.29, 0.717) is 0 Å². The zero-order valence-electron chi connectivity index (χ0n) is 13.5. The molecule has 0 atom stereocenters. The second-order valence-corrected chi connectivity index (χ2v) is 5.47. The van der Waals surface area contributed by atoms with Crippen molar-refractivity contribution in [3.8, 4) is 0 Å². The van der Waals surface area contributed by atoms with Gasteiger partial charge in [-0.25, -0.2) is 9.78 Å². The summed E-state index contributed by atoms with van der Waals surface area (Å²) in [5, 5.41) is 14.7. The molecule has 0 aliphatic heterocycles. The first kappa shape index (κ1) is 18.7. The number of rotatable bonds is 4. The first-order chi connectivity index (χ1) is 11.8. The molecule has 0 unspecified atom stereocenters. The van der Waals surface area contributed by atoms with Crippen molar-refractivity contribution in [2.75, 3.05) is 12.4 Å². The smallest absolute Gasteiger partial charge is 0.416 e. The SMILES string of the molecule is CNC1CC1.O=C(O)c1cccnc1Nc1cccc(C(F)(F)F)c1. The van der Waals surface area contributed by atoms with Gasteiger partial charge in [-0.15, -0.1) is 0 Å². The van der Waals surface area contributed by atoms with E-state index in [4.69, 9.17) is 5.11 Å². The van der Waals surface area contributed by atoms with Crippen molar-refractivity contribution in [2.24, 2.45) is 0 Å². The number of benzene rings is 1. The summed E-state index contributed by atoms with van der Waals surface area (Å²) < 4.78 is 37.7. The van der Waals surface area contributed by atoms with Crippen LogP contribution in [0.5, 0.6) is 0 Å². The van der Waals surface area contributed by atoms with Crippen LogP contribution in [-0.2, 0) is 6.18 Å². The average Bonchev–Trinajstić information content (AvgIpc) is 3.39. The summed E-state index contributed by atoms with van der Waals surface area (Å²) in [5.41, 5.74) is -0.832. The molecule has 5 nitrogen and oxygen atoms in total.